The lowest BCUT2D eigenvalue weighted by Gasteiger charge is -2.30. The van der Waals surface area contributed by atoms with Gasteiger partial charge in [-0.15, -0.1) is 0 Å². The molecular formula is C9H16N2O4S. The molecular weight excluding hydrogens is 232 g/mol. The Bertz CT molecular complexity index is 390. The first-order chi connectivity index (χ1) is 7.35. The molecule has 92 valence electrons. The molecule has 1 aliphatic heterocycles. The van der Waals surface area contributed by atoms with Gasteiger partial charge in [0, 0.05) is 12.8 Å². The van der Waals surface area contributed by atoms with Crippen molar-refractivity contribution in [3.05, 3.63) is 0 Å². The van der Waals surface area contributed by atoms with Crippen LogP contribution in [0.15, 0.2) is 0 Å². The van der Waals surface area contributed by atoms with Gasteiger partial charge in [-0.2, -0.15) is 0 Å². The van der Waals surface area contributed by atoms with Crippen molar-refractivity contribution < 1.29 is 18.0 Å². The Balaban J connectivity index is 2.68. The van der Waals surface area contributed by atoms with Crippen LogP contribution in [0.3, 0.4) is 0 Å². The van der Waals surface area contributed by atoms with Crippen LogP contribution in [-0.4, -0.2) is 56.3 Å². The summed E-state index contributed by atoms with van der Waals surface area (Å²) < 4.78 is 21.9. The van der Waals surface area contributed by atoms with Gasteiger partial charge in [-0.25, -0.2) is 8.42 Å². The molecule has 6 nitrogen and oxygen atoms in total. The van der Waals surface area contributed by atoms with Gasteiger partial charge in [0.05, 0.1) is 18.3 Å². The molecule has 1 unspecified atom stereocenters. The third-order valence-corrected chi connectivity index (χ3v) is 3.38. The second kappa shape index (κ2) is 4.92. The highest BCUT2D eigenvalue weighted by molar-refractivity contribution is 7.90. The molecule has 0 spiro atoms. The Kier molecular flexibility index (Phi) is 4.03. The molecule has 1 saturated heterocycles. The maximum atomic E-state index is 11.7. The summed E-state index contributed by atoms with van der Waals surface area (Å²) in [4.78, 5) is 24.2. The minimum atomic E-state index is -3.16. The predicted molar refractivity (Wildman–Crippen MR) is 58.5 cm³/mol. The molecule has 7 heteroatoms. The van der Waals surface area contributed by atoms with Crippen molar-refractivity contribution in [3.8, 4) is 0 Å². The number of sulfone groups is 1. The molecule has 0 aliphatic carbocycles. The van der Waals surface area contributed by atoms with Gasteiger partial charge in [0.25, 0.3) is 0 Å². The molecule has 0 aromatic carbocycles. The van der Waals surface area contributed by atoms with Crippen molar-refractivity contribution >= 4 is 21.7 Å². The van der Waals surface area contributed by atoms with Crippen LogP contribution in [0.5, 0.6) is 0 Å². The van der Waals surface area contributed by atoms with Gasteiger partial charge in [0.15, 0.2) is 0 Å². The highest BCUT2D eigenvalue weighted by Crippen LogP contribution is 2.06. The summed E-state index contributed by atoms with van der Waals surface area (Å²) in [5.41, 5.74) is 0. The summed E-state index contributed by atoms with van der Waals surface area (Å²) in [6.45, 7) is 1.88. The number of hydrogen-bond acceptors (Lipinski definition) is 5. The zero-order chi connectivity index (χ0) is 12.3. The van der Waals surface area contributed by atoms with E-state index >= 15 is 0 Å². The first kappa shape index (κ1) is 13.1. The number of rotatable bonds is 4. The molecule has 1 atom stereocenters. The minimum absolute atomic E-state index is 0.0469. The Labute approximate surface area is 94.9 Å². The van der Waals surface area contributed by atoms with Gasteiger partial charge in [-0.1, -0.05) is 6.92 Å². The van der Waals surface area contributed by atoms with Crippen molar-refractivity contribution in [2.75, 3.05) is 25.1 Å². The van der Waals surface area contributed by atoms with Crippen LogP contribution in [-0.2, 0) is 19.4 Å². The molecule has 1 rings (SSSR count). The van der Waals surface area contributed by atoms with E-state index in [2.05, 4.69) is 5.32 Å². The van der Waals surface area contributed by atoms with Crippen molar-refractivity contribution in [1.29, 1.82) is 0 Å². The number of nitrogens with zero attached hydrogens (tertiary/aromatic N) is 1. The van der Waals surface area contributed by atoms with Crippen LogP contribution in [0.2, 0.25) is 0 Å². The summed E-state index contributed by atoms with van der Waals surface area (Å²) in [6, 6.07) is -0.378. The largest absolute Gasteiger partial charge is 0.297 e. The highest BCUT2D eigenvalue weighted by Gasteiger charge is 2.32. The fourth-order valence-corrected chi connectivity index (χ4v) is 2.03. The van der Waals surface area contributed by atoms with Crippen molar-refractivity contribution in [2.24, 2.45) is 0 Å². The maximum absolute atomic E-state index is 11.7. The SMILES string of the molecule is CCC1NCC(=O)N(CCS(C)(=O)=O)C1=O. The lowest BCUT2D eigenvalue weighted by atomic mass is 10.1. The highest BCUT2D eigenvalue weighted by atomic mass is 32.2. The Morgan fingerprint density at radius 3 is 2.56 bits per heavy atom. The molecule has 1 N–H and O–H groups in total. The van der Waals surface area contributed by atoms with E-state index in [0.717, 1.165) is 11.2 Å². The number of piperazine rings is 1. The van der Waals surface area contributed by atoms with E-state index in [1.807, 2.05) is 6.92 Å². The summed E-state index contributed by atoms with van der Waals surface area (Å²) in [5.74, 6) is -0.873. The Morgan fingerprint density at radius 2 is 2.06 bits per heavy atom. The number of amides is 2. The van der Waals surface area contributed by atoms with Gasteiger partial charge in [-0.05, 0) is 6.42 Å². The van der Waals surface area contributed by atoms with Gasteiger partial charge in [0.2, 0.25) is 11.8 Å². The van der Waals surface area contributed by atoms with Crippen LogP contribution >= 0.6 is 0 Å². The first-order valence-corrected chi connectivity index (χ1v) is 7.16. The van der Waals surface area contributed by atoms with Crippen molar-refractivity contribution in [3.63, 3.8) is 0 Å². The van der Waals surface area contributed by atoms with E-state index in [9.17, 15) is 18.0 Å². The first-order valence-electron chi connectivity index (χ1n) is 5.10. The minimum Gasteiger partial charge on any atom is -0.297 e. The quantitative estimate of drug-likeness (QED) is 0.630. The lowest BCUT2D eigenvalue weighted by molar-refractivity contribution is -0.148. The van der Waals surface area contributed by atoms with E-state index < -0.39 is 9.84 Å². The number of hydrogen-bond donors (Lipinski definition) is 1. The molecule has 1 heterocycles. The molecule has 0 saturated carbocycles. The number of carbonyl (C=O) groups is 2. The number of nitrogens with one attached hydrogen (secondary N) is 1. The van der Waals surface area contributed by atoms with Crippen molar-refractivity contribution in [2.45, 2.75) is 19.4 Å². The molecule has 1 fully saturated rings. The van der Waals surface area contributed by atoms with E-state index in [1.54, 1.807) is 0 Å². The van der Waals surface area contributed by atoms with Gasteiger partial charge in [-0.3, -0.25) is 19.8 Å². The van der Waals surface area contributed by atoms with Gasteiger partial charge >= 0.3 is 0 Å². The Morgan fingerprint density at radius 1 is 1.44 bits per heavy atom. The van der Waals surface area contributed by atoms with Gasteiger partial charge in [0.1, 0.15) is 9.84 Å². The summed E-state index contributed by atoms with van der Waals surface area (Å²) in [5, 5.41) is 2.81. The second-order valence-electron chi connectivity index (χ2n) is 3.86. The fourth-order valence-electron chi connectivity index (χ4n) is 1.52. The van der Waals surface area contributed by atoms with Crippen LogP contribution in [0.4, 0.5) is 0 Å². The Hall–Kier alpha value is -0.950. The van der Waals surface area contributed by atoms with Crippen LogP contribution < -0.4 is 5.32 Å². The summed E-state index contributed by atoms with van der Waals surface area (Å²) >= 11 is 0. The smallest absolute Gasteiger partial charge is 0.246 e. The lowest BCUT2D eigenvalue weighted by Crippen LogP contribution is -2.58. The normalized spacial score (nSPS) is 22.6. The van der Waals surface area contributed by atoms with E-state index in [1.165, 1.54) is 0 Å². The standard InChI is InChI=1S/C9H16N2O4S/c1-3-7-9(13)11(8(12)6-10-7)4-5-16(2,14)15/h7,10H,3-6H2,1-2H3. The third-order valence-electron chi connectivity index (χ3n) is 2.46. The van der Waals surface area contributed by atoms with E-state index in [-0.39, 0.29) is 36.7 Å². The molecule has 0 bridgehead atoms. The molecule has 0 aromatic rings. The number of carbonyl (C=O) groups excluding carboxylic acids is 2. The number of imide groups is 1. The molecule has 2 amide bonds. The monoisotopic (exact) mass is 248 g/mol. The van der Waals surface area contributed by atoms with Crippen molar-refractivity contribution in [1.82, 2.24) is 10.2 Å². The molecule has 1 aliphatic rings. The molecule has 16 heavy (non-hydrogen) atoms. The zero-order valence-corrected chi connectivity index (χ0v) is 10.2. The summed E-state index contributed by atoms with van der Waals surface area (Å²) in [7, 11) is -3.16. The molecule has 0 aromatic heterocycles. The topological polar surface area (TPSA) is 83.6 Å². The fraction of sp³-hybridized carbons (Fsp3) is 0.778. The average Bonchev–Trinajstić information content (AvgIpc) is 2.16. The second-order valence-corrected chi connectivity index (χ2v) is 6.11. The van der Waals surface area contributed by atoms with E-state index in [0.29, 0.717) is 6.42 Å². The zero-order valence-electron chi connectivity index (χ0n) is 9.39. The average molecular weight is 248 g/mol. The van der Waals surface area contributed by atoms with E-state index in [4.69, 9.17) is 0 Å². The third kappa shape index (κ3) is 3.28. The summed E-state index contributed by atoms with van der Waals surface area (Å²) in [6.07, 6.45) is 1.67. The van der Waals surface area contributed by atoms with Crippen LogP contribution in [0.1, 0.15) is 13.3 Å². The van der Waals surface area contributed by atoms with Crippen LogP contribution in [0.25, 0.3) is 0 Å². The maximum Gasteiger partial charge on any atom is 0.246 e. The van der Waals surface area contributed by atoms with Gasteiger partial charge < -0.3 is 0 Å². The predicted octanol–water partition coefficient (Wildman–Crippen LogP) is -1.23. The van der Waals surface area contributed by atoms with Crippen LogP contribution in [0, 0.1) is 0 Å². The molecule has 0 radical (unpaired) electrons.